The molecule has 2 aromatic rings. The summed E-state index contributed by atoms with van der Waals surface area (Å²) in [7, 11) is 2.15. The van der Waals surface area contributed by atoms with Gasteiger partial charge in [0.2, 0.25) is 0 Å². The summed E-state index contributed by atoms with van der Waals surface area (Å²) in [5.74, 6) is 1.76. The van der Waals surface area contributed by atoms with Gasteiger partial charge in [-0.25, -0.2) is 4.68 Å². The van der Waals surface area contributed by atoms with E-state index in [2.05, 4.69) is 32.4 Å². The minimum absolute atomic E-state index is 0.586. The van der Waals surface area contributed by atoms with E-state index in [0.717, 1.165) is 44.3 Å². The van der Waals surface area contributed by atoms with Gasteiger partial charge < -0.3 is 9.32 Å². The first-order valence-electron chi connectivity index (χ1n) is 6.49. The molecule has 3 heterocycles. The van der Waals surface area contributed by atoms with E-state index in [4.69, 9.17) is 4.42 Å². The van der Waals surface area contributed by atoms with Crippen LogP contribution in [0.2, 0.25) is 0 Å². The van der Waals surface area contributed by atoms with Gasteiger partial charge in [-0.2, -0.15) is 0 Å². The van der Waals surface area contributed by atoms with Crippen LogP contribution in [0.4, 0.5) is 0 Å². The second kappa shape index (κ2) is 5.50. The highest BCUT2D eigenvalue weighted by atomic mass is 16.3. The Balaban J connectivity index is 1.63. The average molecular weight is 262 g/mol. The third-order valence-corrected chi connectivity index (χ3v) is 3.45. The maximum Gasteiger partial charge on any atom is 0.165 e. The SMILES string of the molecule is CN1CCN(Cc2nnnn2Cc2ccco2)CC1. The molecular weight excluding hydrogens is 244 g/mol. The molecule has 1 aliphatic rings. The first-order chi connectivity index (χ1) is 9.31. The lowest BCUT2D eigenvalue weighted by molar-refractivity contribution is 0.143. The van der Waals surface area contributed by atoms with E-state index < -0.39 is 0 Å². The molecule has 0 radical (unpaired) electrons. The predicted molar refractivity (Wildman–Crippen MR) is 68.4 cm³/mol. The monoisotopic (exact) mass is 262 g/mol. The summed E-state index contributed by atoms with van der Waals surface area (Å²) in [6, 6.07) is 3.81. The van der Waals surface area contributed by atoms with Gasteiger partial charge in [-0.1, -0.05) is 0 Å². The smallest absolute Gasteiger partial charge is 0.165 e. The highest BCUT2D eigenvalue weighted by Gasteiger charge is 2.17. The molecule has 1 saturated heterocycles. The van der Waals surface area contributed by atoms with Gasteiger partial charge in [-0.15, -0.1) is 5.10 Å². The van der Waals surface area contributed by atoms with Crippen molar-refractivity contribution in [2.75, 3.05) is 33.2 Å². The van der Waals surface area contributed by atoms with E-state index in [1.54, 1.807) is 10.9 Å². The number of tetrazole rings is 1. The van der Waals surface area contributed by atoms with E-state index in [1.165, 1.54) is 0 Å². The van der Waals surface area contributed by atoms with Crippen molar-refractivity contribution in [3.8, 4) is 0 Å². The third kappa shape index (κ3) is 2.99. The second-order valence-corrected chi connectivity index (χ2v) is 4.91. The highest BCUT2D eigenvalue weighted by Crippen LogP contribution is 2.07. The quantitative estimate of drug-likeness (QED) is 0.776. The largest absolute Gasteiger partial charge is 0.467 e. The molecule has 0 saturated carbocycles. The van der Waals surface area contributed by atoms with Crippen LogP contribution in [0.25, 0.3) is 0 Å². The Labute approximate surface area is 111 Å². The molecule has 0 aliphatic carbocycles. The summed E-state index contributed by atoms with van der Waals surface area (Å²) in [5, 5.41) is 11.9. The normalized spacial score (nSPS) is 17.9. The van der Waals surface area contributed by atoms with Crippen molar-refractivity contribution >= 4 is 0 Å². The van der Waals surface area contributed by atoms with Crippen molar-refractivity contribution in [2.45, 2.75) is 13.1 Å². The first kappa shape index (κ1) is 12.3. The lowest BCUT2D eigenvalue weighted by atomic mass is 10.3. The summed E-state index contributed by atoms with van der Waals surface area (Å²) < 4.78 is 7.13. The number of hydrogen-bond acceptors (Lipinski definition) is 6. The van der Waals surface area contributed by atoms with E-state index in [0.29, 0.717) is 6.54 Å². The number of likely N-dealkylation sites (N-methyl/N-ethyl adjacent to an activating group) is 1. The molecule has 3 rings (SSSR count). The van der Waals surface area contributed by atoms with Crippen LogP contribution in [0.1, 0.15) is 11.6 Å². The van der Waals surface area contributed by atoms with Crippen molar-refractivity contribution < 1.29 is 4.42 Å². The molecule has 0 atom stereocenters. The van der Waals surface area contributed by atoms with Crippen LogP contribution in [0.15, 0.2) is 22.8 Å². The molecule has 7 heteroatoms. The molecule has 1 fully saturated rings. The summed E-state index contributed by atoms with van der Waals surface area (Å²) in [6.45, 7) is 5.69. The summed E-state index contributed by atoms with van der Waals surface area (Å²) in [6.07, 6.45) is 1.67. The van der Waals surface area contributed by atoms with Gasteiger partial charge in [0.1, 0.15) is 12.3 Å². The number of nitrogens with zero attached hydrogens (tertiary/aromatic N) is 6. The predicted octanol–water partition coefficient (Wildman–Crippen LogP) is 0.0618. The lowest BCUT2D eigenvalue weighted by Gasteiger charge is -2.31. The Kier molecular flexibility index (Phi) is 3.56. The molecule has 1 aliphatic heterocycles. The van der Waals surface area contributed by atoms with Crippen molar-refractivity contribution in [2.24, 2.45) is 0 Å². The number of furan rings is 1. The van der Waals surface area contributed by atoms with Gasteiger partial charge in [0.05, 0.1) is 12.8 Å². The highest BCUT2D eigenvalue weighted by molar-refractivity contribution is 4.99. The number of aromatic nitrogens is 4. The number of piperazine rings is 1. The van der Waals surface area contributed by atoms with Crippen LogP contribution >= 0.6 is 0 Å². The van der Waals surface area contributed by atoms with Crippen LogP contribution in [0, 0.1) is 0 Å². The zero-order valence-electron chi connectivity index (χ0n) is 11.1. The van der Waals surface area contributed by atoms with Gasteiger partial charge >= 0.3 is 0 Å². The van der Waals surface area contributed by atoms with E-state index in [9.17, 15) is 0 Å². The van der Waals surface area contributed by atoms with Crippen molar-refractivity contribution in [1.29, 1.82) is 0 Å². The molecule has 0 N–H and O–H groups in total. The molecule has 2 aromatic heterocycles. The molecule has 19 heavy (non-hydrogen) atoms. The molecule has 0 bridgehead atoms. The fraction of sp³-hybridized carbons (Fsp3) is 0.583. The maximum absolute atomic E-state index is 5.33. The van der Waals surface area contributed by atoms with Crippen molar-refractivity contribution in [1.82, 2.24) is 30.0 Å². The number of hydrogen-bond donors (Lipinski definition) is 0. The Morgan fingerprint density at radius 1 is 1.21 bits per heavy atom. The fourth-order valence-corrected chi connectivity index (χ4v) is 2.22. The standard InChI is InChI=1S/C12H18N6O/c1-16-4-6-17(7-5-16)10-12-13-14-15-18(12)9-11-3-2-8-19-11/h2-3,8H,4-7,9-10H2,1H3. The van der Waals surface area contributed by atoms with Crippen LogP contribution < -0.4 is 0 Å². The molecule has 0 aromatic carbocycles. The Bertz CT molecular complexity index is 500. The zero-order chi connectivity index (χ0) is 13.1. The lowest BCUT2D eigenvalue weighted by Crippen LogP contribution is -2.44. The van der Waals surface area contributed by atoms with Gasteiger partial charge in [0.25, 0.3) is 0 Å². The number of rotatable bonds is 4. The molecular formula is C12H18N6O. The van der Waals surface area contributed by atoms with Crippen LogP contribution in [-0.4, -0.2) is 63.2 Å². The van der Waals surface area contributed by atoms with E-state index in [1.807, 2.05) is 12.1 Å². The average Bonchev–Trinajstić information content (AvgIpc) is 3.06. The first-order valence-corrected chi connectivity index (χ1v) is 6.49. The molecule has 102 valence electrons. The summed E-state index contributed by atoms with van der Waals surface area (Å²) in [5.41, 5.74) is 0. The van der Waals surface area contributed by atoms with E-state index in [-0.39, 0.29) is 0 Å². The van der Waals surface area contributed by atoms with Gasteiger partial charge in [0.15, 0.2) is 5.82 Å². The third-order valence-electron chi connectivity index (χ3n) is 3.45. The summed E-state index contributed by atoms with van der Waals surface area (Å²) >= 11 is 0. The van der Waals surface area contributed by atoms with Crippen LogP contribution in [0.5, 0.6) is 0 Å². The van der Waals surface area contributed by atoms with Crippen molar-refractivity contribution in [3.63, 3.8) is 0 Å². The van der Waals surface area contributed by atoms with Crippen LogP contribution in [0.3, 0.4) is 0 Å². The van der Waals surface area contributed by atoms with Gasteiger partial charge in [-0.05, 0) is 29.6 Å². The summed E-state index contributed by atoms with van der Waals surface area (Å²) in [4.78, 5) is 4.71. The van der Waals surface area contributed by atoms with Crippen LogP contribution in [-0.2, 0) is 13.1 Å². The zero-order valence-corrected chi connectivity index (χ0v) is 11.1. The van der Waals surface area contributed by atoms with Gasteiger partial charge in [-0.3, -0.25) is 4.90 Å². The Morgan fingerprint density at radius 3 is 2.79 bits per heavy atom. The minimum Gasteiger partial charge on any atom is -0.467 e. The molecule has 0 unspecified atom stereocenters. The Morgan fingerprint density at radius 2 is 2.05 bits per heavy atom. The Hall–Kier alpha value is -1.73. The maximum atomic E-state index is 5.33. The van der Waals surface area contributed by atoms with E-state index >= 15 is 0 Å². The topological polar surface area (TPSA) is 63.2 Å². The minimum atomic E-state index is 0.586. The van der Waals surface area contributed by atoms with Crippen molar-refractivity contribution in [3.05, 3.63) is 30.0 Å². The molecule has 0 spiro atoms. The molecule has 7 nitrogen and oxygen atoms in total. The molecule has 0 amide bonds. The second-order valence-electron chi connectivity index (χ2n) is 4.91. The fourth-order valence-electron chi connectivity index (χ4n) is 2.22. The van der Waals surface area contributed by atoms with Gasteiger partial charge in [0, 0.05) is 26.2 Å².